The van der Waals surface area contributed by atoms with Crippen molar-refractivity contribution in [3.8, 4) is 0 Å². The van der Waals surface area contributed by atoms with Crippen molar-refractivity contribution in [3.05, 3.63) is 53.1 Å². The third-order valence-electron chi connectivity index (χ3n) is 3.43. The van der Waals surface area contributed by atoms with Crippen LogP contribution in [-0.2, 0) is 14.8 Å². The van der Waals surface area contributed by atoms with Crippen molar-refractivity contribution in [3.63, 3.8) is 0 Å². The van der Waals surface area contributed by atoms with Crippen LogP contribution in [0, 0.1) is 6.92 Å². The lowest BCUT2D eigenvalue weighted by atomic mass is 10.2. The van der Waals surface area contributed by atoms with Crippen LogP contribution in [0.5, 0.6) is 0 Å². The molecule has 5 nitrogen and oxygen atoms in total. The van der Waals surface area contributed by atoms with Crippen molar-refractivity contribution in [2.24, 2.45) is 0 Å². The minimum atomic E-state index is -3.84. The van der Waals surface area contributed by atoms with Gasteiger partial charge in [0.25, 0.3) is 10.0 Å². The highest BCUT2D eigenvalue weighted by molar-refractivity contribution is 8.00. The van der Waals surface area contributed by atoms with Gasteiger partial charge in [-0.1, -0.05) is 43.6 Å². The van der Waals surface area contributed by atoms with Gasteiger partial charge in [-0.2, -0.15) is 0 Å². The van der Waals surface area contributed by atoms with Crippen LogP contribution in [0.25, 0.3) is 0 Å². The minimum absolute atomic E-state index is 0.0896. The summed E-state index contributed by atoms with van der Waals surface area (Å²) in [6.45, 7) is 5.71. The summed E-state index contributed by atoms with van der Waals surface area (Å²) >= 11 is 7.55. The van der Waals surface area contributed by atoms with Gasteiger partial charge in [0.1, 0.15) is 0 Å². The highest BCUT2D eigenvalue weighted by atomic mass is 35.5. The van der Waals surface area contributed by atoms with Gasteiger partial charge in [0.15, 0.2) is 0 Å². The summed E-state index contributed by atoms with van der Waals surface area (Å²) in [4.78, 5) is 12.1. The first kappa shape index (κ1) is 20.6. The minimum Gasteiger partial charge on any atom is -0.325 e. The summed E-state index contributed by atoms with van der Waals surface area (Å²) in [6, 6.07) is 11.4. The van der Waals surface area contributed by atoms with Gasteiger partial charge in [0.2, 0.25) is 5.91 Å². The quantitative estimate of drug-likeness (QED) is 0.700. The van der Waals surface area contributed by atoms with Crippen molar-refractivity contribution >= 4 is 50.7 Å². The molecule has 8 heteroatoms. The number of sulfonamides is 1. The number of aryl methyl sites for hydroxylation is 1. The molecule has 2 aromatic rings. The number of rotatable bonds is 7. The highest BCUT2D eigenvalue weighted by Crippen LogP contribution is 2.27. The van der Waals surface area contributed by atoms with E-state index in [0.29, 0.717) is 33.0 Å². The Morgan fingerprint density at radius 2 is 1.88 bits per heavy atom. The molecule has 0 unspecified atom stereocenters. The van der Waals surface area contributed by atoms with Gasteiger partial charge in [0.05, 0.1) is 21.4 Å². The van der Waals surface area contributed by atoms with Crippen molar-refractivity contribution < 1.29 is 13.2 Å². The highest BCUT2D eigenvalue weighted by Gasteiger charge is 2.19. The molecule has 0 saturated heterocycles. The van der Waals surface area contributed by atoms with E-state index in [-0.39, 0.29) is 10.8 Å². The van der Waals surface area contributed by atoms with Crippen LogP contribution in [0.2, 0.25) is 5.02 Å². The summed E-state index contributed by atoms with van der Waals surface area (Å²) < 4.78 is 28.0. The number of carbonyl (C=O) groups excluding carboxylic acids is 1. The lowest BCUT2D eigenvalue weighted by Crippen LogP contribution is -2.17. The molecule has 0 aliphatic rings. The van der Waals surface area contributed by atoms with Crippen LogP contribution < -0.4 is 10.0 Å². The van der Waals surface area contributed by atoms with Crippen LogP contribution in [0.15, 0.2) is 47.4 Å². The third kappa shape index (κ3) is 5.65. The number of hydrogen-bond donors (Lipinski definition) is 2. The van der Waals surface area contributed by atoms with Crippen LogP contribution >= 0.6 is 23.4 Å². The molecule has 0 heterocycles. The molecule has 0 saturated carbocycles. The maximum atomic E-state index is 12.7. The van der Waals surface area contributed by atoms with E-state index >= 15 is 0 Å². The first-order valence-corrected chi connectivity index (χ1v) is 10.9. The number of benzene rings is 2. The van der Waals surface area contributed by atoms with Crippen LogP contribution in [0.4, 0.5) is 11.4 Å². The Morgan fingerprint density at radius 1 is 1.19 bits per heavy atom. The maximum absolute atomic E-state index is 12.7. The molecular formula is C18H21ClN2O3S2. The standard InChI is InChI=1S/C18H21ClN2O3S2/c1-12(2)25-11-18(22)20-14-9-8-13(3)17(10-14)26(23,24)21-16-7-5-4-6-15(16)19/h4-10,12,21H,11H2,1-3H3,(H,20,22). The zero-order valence-electron chi connectivity index (χ0n) is 14.7. The van der Waals surface area contributed by atoms with Crippen molar-refractivity contribution in [2.75, 3.05) is 15.8 Å². The fourth-order valence-electron chi connectivity index (χ4n) is 2.15. The average molecular weight is 413 g/mol. The van der Waals surface area contributed by atoms with E-state index in [1.54, 1.807) is 43.3 Å². The van der Waals surface area contributed by atoms with Crippen LogP contribution in [0.1, 0.15) is 19.4 Å². The lowest BCUT2D eigenvalue weighted by molar-refractivity contribution is -0.113. The number of hydrogen-bond acceptors (Lipinski definition) is 4. The number of halogens is 1. The van der Waals surface area contributed by atoms with Gasteiger partial charge >= 0.3 is 0 Å². The topological polar surface area (TPSA) is 75.3 Å². The Kier molecular flexibility index (Phi) is 6.97. The van der Waals surface area contributed by atoms with E-state index in [9.17, 15) is 13.2 Å². The van der Waals surface area contributed by atoms with Crippen LogP contribution in [0.3, 0.4) is 0 Å². The number of amides is 1. The lowest BCUT2D eigenvalue weighted by Gasteiger charge is -2.13. The molecule has 0 fully saturated rings. The Labute approximate surface area is 163 Å². The first-order valence-electron chi connectivity index (χ1n) is 7.98. The van der Waals surface area contributed by atoms with Crippen LogP contribution in [-0.4, -0.2) is 25.3 Å². The molecule has 2 aromatic carbocycles. The van der Waals surface area contributed by atoms with Gasteiger partial charge in [-0.3, -0.25) is 9.52 Å². The molecule has 2 rings (SSSR count). The second-order valence-corrected chi connectivity index (χ2v) is 9.60. The number of para-hydroxylation sites is 1. The normalized spacial score (nSPS) is 11.4. The van der Waals surface area contributed by atoms with Crippen molar-refractivity contribution in [1.82, 2.24) is 0 Å². The van der Waals surface area contributed by atoms with Gasteiger partial charge in [-0.05, 0) is 42.0 Å². The maximum Gasteiger partial charge on any atom is 0.262 e. The van der Waals surface area contributed by atoms with E-state index in [1.165, 1.54) is 17.8 Å². The molecule has 1 amide bonds. The van der Waals surface area contributed by atoms with E-state index in [0.717, 1.165) is 0 Å². The molecular weight excluding hydrogens is 392 g/mol. The van der Waals surface area contributed by atoms with E-state index in [1.807, 2.05) is 13.8 Å². The molecule has 2 N–H and O–H groups in total. The second-order valence-electron chi connectivity index (χ2n) is 5.97. The summed E-state index contributed by atoms with van der Waals surface area (Å²) in [6.07, 6.45) is 0. The predicted molar refractivity (Wildman–Crippen MR) is 110 cm³/mol. The van der Waals surface area contributed by atoms with E-state index in [4.69, 9.17) is 11.6 Å². The monoisotopic (exact) mass is 412 g/mol. The Balaban J connectivity index is 2.23. The molecule has 0 radical (unpaired) electrons. The smallest absolute Gasteiger partial charge is 0.262 e. The summed E-state index contributed by atoms with van der Waals surface area (Å²) in [7, 11) is -3.84. The fourth-order valence-corrected chi connectivity index (χ4v) is 4.30. The second kappa shape index (κ2) is 8.79. The SMILES string of the molecule is Cc1ccc(NC(=O)CSC(C)C)cc1S(=O)(=O)Nc1ccccc1Cl. The first-order chi connectivity index (χ1) is 12.2. The largest absolute Gasteiger partial charge is 0.325 e. The third-order valence-corrected chi connectivity index (χ3v) is 6.36. The molecule has 26 heavy (non-hydrogen) atoms. The molecule has 0 spiro atoms. The average Bonchev–Trinajstić information content (AvgIpc) is 2.56. The van der Waals surface area contributed by atoms with Gasteiger partial charge in [-0.25, -0.2) is 8.42 Å². The molecule has 0 aliphatic heterocycles. The zero-order valence-corrected chi connectivity index (χ0v) is 17.1. The van der Waals surface area contributed by atoms with E-state index < -0.39 is 10.0 Å². The summed E-state index contributed by atoms with van der Waals surface area (Å²) in [5, 5.41) is 3.39. The van der Waals surface area contributed by atoms with Gasteiger partial charge in [-0.15, -0.1) is 11.8 Å². The predicted octanol–water partition coefficient (Wildman–Crippen LogP) is 4.53. The fraction of sp³-hybridized carbons (Fsp3) is 0.278. The number of carbonyl (C=O) groups is 1. The molecule has 0 atom stereocenters. The Bertz CT molecular complexity index is 899. The number of nitrogens with one attached hydrogen (secondary N) is 2. The molecule has 0 aliphatic carbocycles. The van der Waals surface area contributed by atoms with Crippen molar-refractivity contribution in [2.45, 2.75) is 30.9 Å². The number of thioether (sulfide) groups is 1. The van der Waals surface area contributed by atoms with Gasteiger partial charge in [0, 0.05) is 5.69 Å². The van der Waals surface area contributed by atoms with Gasteiger partial charge < -0.3 is 5.32 Å². The van der Waals surface area contributed by atoms with E-state index in [2.05, 4.69) is 10.0 Å². The number of anilines is 2. The summed E-state index contributed by atoms with van der Waals surface area (Å²) in [5.41, 5.74) is 1.31. The zero-order chi connectivity index (χ0) is 19.3. The Hall–Kier alpha value is -1.70. The van der Waals surface area contributed by atoms with Crippen molar-refractivity contribution in [1.29, 1.82) is 0 Å². The molecule has 0 aromatic heterocycles. The molecule has 140 valence electrons. The summed E-state index contributed by atoms with van der Waals surface area (Å²) in [5.74, 6) is 0.140. The molecule has 0 bridgehead atoms. The Morgan fingerprint density at radius 3 is 2.54 bits per heavy atom.